The molecule has 0 aliphatic carbocycles. The van der Waals surface area contributed by atoms with Gasteiger partial charge < -0.3 is 10.1 Å². The Labute approximate surface area is 178 Å². The van der Waals surface area contributed by atoms with E-state index in [2.05, 4.69) is 41.5 Å². The van der Waals surface area contributed by atoms with Crippen LogP contribution in [0.4, 0.5) is 5.95 Å². The minimum absolute atomic E-state index is 0.328. The summed E-state index contributed by atoms with van der Waals surface area (Å²) in [6.45, 7) is 6.10. The maximum absolute atomic E-state index is 12.7. The molecular formula is C21H22N4O2S2. The van der Waals surface area contributed by atoms with Crippen molar-refractivity contribution in [3.63, 3.8) is 0 Å². The number of allylic oxidation sites excluding steroid dienone is 1. The first-order valence-corrected chi connectivity index (χ1v) is 11.3. The van der Waals surface area contributed by atoms with E-state index < -0.39 is 0 Å². The van der Waals surface area contributed by atoms with Gasteiger partial charge in [0.25, 0.3) is 0 Å². The fourth-order valence-corrected chi connectivity index (χ4v) is 4.92. The number of thioether (sulfide) groups is 1. The number of fused-ring (bicyclic) bond motifs is 1. The molecule has 8 heteroatoms. The molecule has 0 amide bonds. The van der Waals surface area contributed by atoms with Gasteiger partial charge in [0.15, 0.2) is 0 Å². The van der Waals surface area contributed by atoms with Crippen molar-refractivity contribution >= 4 is 35.0 Å². The average Bonchev–Trinajstić information content (AvgIpc) is 3.35. The molecule has 0 radical (unpaired) electrons. The van der Waals surface area contributed by atoms with Crippen molar-refractivity contribution in [1.29, 1.82) is 0 Å². The van der Waals surface area contributed by atoms with Gasteiger partial charge in [-0.2, -0.15) is 4.98 Å². The third-order valence-corrected chi connectivity index (χ3v) is 6.43. The van der Waals surface area contributed by atoms with Gasteiger partial charge in [0.05, 0.1) is 12.2 Å². The van der Waals surface area contributed by atoms with Gasteiger partial charge in [0.2, 0.25) is 11.1 Å². The number of rotatable bonds is 6. The number of esters is 1. The summed E-state index contributed by atoms with van der Waals surface area (Å²) in [6, 6.07) is 12.1. The van der Waals surface area contributed by atoms with Crippen LogP contribution in [0.2, 0.25) is 0 Å². The monoisotopic (exact) mass is 426 g/mol. The van der Waals surface area contributed by atoms with Crippen LogP contribution in [0.25, 0.3) is 0 Å². The number of anilines is 1. The molecule has 29 heavy (non-hydrogen) atoms. The summed E-state index contributed by atoms with van der Waals surface area (Å²) in [5.74, 6) is 1.10. The zero-order valence-corrected chi connectivity index (χ0v) is 18.1. The van der Waals surface area contributed by atoms with E-state index in [0.717, 1.165) is 16.3 Å². The molecule has 1 aliphatic rings. The summed E-state index contributed by atoms with van der Waals surface area (Å²) in [6.07, 6.45) is 0. The maximum atomic E-state index is 12.7. The van der Waals surface area contributed by atoms with Crippen molar-refractivity contribution in [3.8, 4) is 0 Å². The molecule has 1 atom stereocenters. The van der Waals surface area contributed by atoms with Gasteiger partial charge in [-0.05, 0) is 37.8 Å². The Bertz CT molecular complexity index is 1060. The van der Waals surface area contributed by atoms with Crippen LogP contribution in [0.1, 0.15) is 35.9 Å². The summed E-state index contributed by atoms with van der Waals surface area (Å²) in [4.78, 5) is 18.4. The average molecular weight is 427 g/mol. The standard InChI is InChI=1S/C21H22N4O2S2/c1-4-27-19(26)17-14(3)22-20-23-21(29-12-15-8-5-7-13(2)11-15)24-25(20)18(17)16-9-6-10-28-16/h5-11,18H,4,12H2,1-3H3,(H,22,23,24)/t18-/m1/s1. The van der Waals surface area contributed by atoms with E-state index in [-0.39, 0.29) is 12.0 Å². The van der Waals surface area contributed by atoms with E-state index in [4.69, 9.17) is 9.84 Å². The predicted molar refractivity (Wildman–Crippen MR) is 116 cm³/mol. The van der Waals surface area contributed by atoms with E-state index in [1.807, 2.05) is 31.4 Å². The van der Waals surface area contributed by atoms with E-state index in [9.17, 15) is 4.79 Å². The second-order valence-corrected chi connectivity index (χ2v) is 8.66. The summed E-state index contributed by atoms with van der Waals surface area (Å²) >= 11 is 3.17. The molecule has 0 bridgehead atoms. The summed E-state index contributed by atoms with van der Waals surface area (Å²) in [5, 5.41) is 10.6. The number of benzene rings is 1. The van der Waals surface area contributed by atoms with Crippen molar-refractivity contribution < 1.29 is 9.53 Å². The van der Waals surface area contributed by atoms with E-state index in [1.165, 1.54) is 11.1 Å². The highest BCUT2D eigenvalue weighted by molar-refractivity contribution is 7.98. The number of hydrogen-bond acceptors (Lipinski definition) is 7. The number of nitrogens with zero attached hydrogens (tertiary/aromatic N) is 3. The van der Waals surface area contributed by atoms with Crippen LogP contribution in [0.15, 0.2) is 58.2 Å². The number of nitrogens with one attached hydrogen (secondary N) is 1. The molecule has 1 aliphatic heterocycles. The van der Waals surface area contributed by atoms with Crippen LogP contribution in [0, 0.1) is 6.92 Å². The van der Waals surface area contributed by atoms with Gasteiger partial charge in [-0.25, -0.2) is 9.48 Å². The Kier molecular flexibility index (Phi) is 5.73. The van der Waals surface area contributed by atoms with Crippen molar-refractivity contribution in [2.75, 3.05) is 11.9 Å². The van der Waals surface area contributed by atoms with Crippen LogP contribution in [0.3, 0.4) is 0 Å². The quantitative estimate of drug-likeness (QED) is 0.451. The summed E-state index contributed by atoms with van der Waals surface area (Å²) in [5.41, 5.74) is 3.78. The molecule has 2 aromatic heterocycles. The lowest BCUT2D eigenvalue weighted by atomic mass is 10.0. The van der Waals surface area contributed by atoms with Crippen molar-refractivity contribution in [1.82, 2.24) is 14.8 Å². The zero-order valence-electron chi connectivity index (χ0n) is 16.5. The molecule has 3 aromatic rings. The van der Waals surface area contributed by atoms with Gasteiger partial charge in [-0.15, -0.1) is 16.4 Å². The topological polar surface area (TPSA) is 69.0 Å². The molecule has 0 unspecified atom stereocenters. The van der Waals surface area contributed by atoms with Crippen molar-refractivity contribution in [3.05, 3.63) is 69.1 Å². The van der Waals surface area contributed by atoms with Crippen LogP contribution in [-0.2, 0) is 15.3 Å². The lowest BCUT2D eigenvalue weighted by Crippen LogP contribution is -2.29. The second-order valence-electron chi connectivity index (χ2n) is 6.74. The van der Waals surface area contributed by atoms with Crippen LogP contribution >= 0.6 is 23.1 Å². The fraction of sp³-hybridized carbons (Fsp3) is 0.286. The SMILES string of the molecule is CCOC(=O)C1=C(C)Nc2nc(SCc3cccc(C)c3)nn2[C@@H]1c1cccs1. The molecule has 1 aromatic carbocycles. The number of aryl methyl sites for hydroxylation is 1. The first kappa shape index (κ1) is 19.7. The number of aromatic nitrogens is 3. The Morgan fingerprint density at radius 3 is 2.90 bits per heavy atom. The summed E-state index contributed by atoms with van der Waals surface area (Å²) < 4.78 is 7.11. The molecule has 0 saturated carbocycles. The Morgan fingerprint density at radius 1 is 1.31 bits per heavy atom. The number of hydrogen-bond donors (Lipinski definition) is 1. The lowest BCUT2D eigenvalue weighted by Gasteiger charge is -2.26. The molecule has 3 heterocycles. The molecular weight excluding hydrogens is 404 g/mol. The van der Waals surface area contributed by atoms with Crippen LogP contribution in [0.5, 0.6) is 0 Å². The van der Waals surface area contributed by atoms with Gasteiger partial charge in [-0.1, -0.05) is 47.7 Å². The first-order chi connectivity index (χ1) is 14.1. The Hall–Kier alpha value is -2.58. The third-order valence-electron chi connectivity index (χ3n) is 4.59. The molecule has 0 fully saturated rings. The highest BCUT2D eigenvalue weighted by Gasteiger charge is 2.35. The fourth-order valence-electron chi connectivity index (χ4n) is 3.33. The van der Waals surface area contributed by atoms with E-state index in [1.54, 1.807) is 27.8 Å². The summed E-state index contributed by atoms with van der Waals surface area (Å²) in [7, 11) is 0. The Morgan fingerprint density at radius 2 is 2.17 bits per heavy atom. The first-order valence-electron chi connectivity index (χ1n) is 9.40. The second kappa shape index (κ2) is 8.42. The largest absolute Gasteiger partial charge is 0.463 e. The molecule has 150 valence electrons. The molecule has 0 spiro atoms. The predicted octanol–water partition coefficient (Wildman–Crippen LogP) is 4.79. The lowest BCUT2D eigenvalue weighted by molar-refractivity contribution is -0.139. The molecule has 1 N–H and O–H groups in total. The highest BCUT2D eigenvalue weighted by Crippen LogP contribution is 2.38. The van der Waals surface area contributed by atoms with Crippen LogP contribution < -0.4 is 5.32 Å². The zero-order chi connectivity index (χ0) is 20.4. The van der Waals surface area contributed by atoms with Gasteiger partial charge in [0, 0.05) is 16.3 Å². The van der Waals surface area contributed by atoms with Gasteiger partial charge in [0.1, 0.15) is 6.04 Å². The smallest absolute Gasteiger partial charge is 0.338 e. The molecule has 4 rings (SSSR count). The van der Waals surface area contributed by atoms with E-state index in [0.29, 0.717) is 23.3 Å². The van der Waals surface area contributed by atoms with E-state index >= 15 is 0 Å². The van der Waals surface area contributed by atoms with Crippen LogP contribution in [-0.4, -0.2) is 27.3 Å². The normalized spacial score (nSPS) is 15.8. The number of ether oxygens (including phenoxy) is 1. The molecule has 6 nitrogen and oxygen atoms in total. The minimum Gasteiger partial charge on any atom is -0.463 e. The van der Waals surface area contributed by atoms with Gasteiger partial charge in [-0.3, -0.25) is 0 Å². The number of carbonyl (C=O) groups is 1. The number of thiophene rings is 1. The molecule has 0 saturated heterocycles. The van der Waals surface area contributed by atoms with Gasteiger partial charge >= 0.3 is 5.97 Å². The number of carbonyl (C=O) groups excluding carboxylic acids is 1. The van der Waals surface area contributed by atoms with Crippen molar-refractivity contribution in [2.45, 2.75) is 37.7 Å². The third kappa shape index (κ3) is 4.09. The maximum Gasteiger partial charge on any atom is 0.338 e. The Balaban J connectivity index is 1.65. The van der Waals surface area contributed by atoms with Crippen molar-refractivity contribution in [2.24, 2.45) is 0 Å². The minimum atomic E-state index is -0.342. The highest BCUT2D eigenvalue weighted by atomic mass is 32.2.